The molecule has 2 aliphatic rings. The fourth-order valence-electron chi connectivity index (χ4n) is 7.32. The molecule has 4 heterocycles. The van der Waals surface area contributed by atoms with Gasteiger partial charge in [0.05, 0.1) is 11.2 Å². The van der Waals surface area contributed by atoms with Crippen molar-refractivity contribution in [1.82, 2.24) is 9.38 Å². The number of para-hydroxylation sites is 1. The number of aryl methyl sites for hydroxylation is 1. The van der Waals surface area contributed by atoms with Gasteiger partial charge in [-0.15, -0.1) is 0 Å². The summed E-state index contributed by atoms with van der Waals surface area (Å²) in [6.45, 7) is 4.75. The van der Waals surface area contributed by atoms with E-state index < -0.39 is 8.07 Å². The summed E-state index contributed by atoms with van der Waals surface area (Å²) >= 11 is 0. The summed E-state index contributed by atoms with van der Waals surface area (Å²) in [5.74, 6) is 0. The van der Waals surface area contributed by atoms with Crippen LogP contribution in [0.5, 0.6) is 0 Å². The van der Waals surface area contributed by atoms with Crippen LogP contribution >= 0.6 is 0 Å². The summed E-state index contributed by atoms with van der Waals surface area (Å²) in [6, 6.07) is 36.2. The molecule has 0 N–H and O–H groups in total. The molecular weight excluding hydrogens is 416 g/mol. The first-order chi connectivity index (χ1) is 16.2. The summed E-state index contributed by atoms with van der Waals surface area (Å²) < 4.78 is 2.55. The zero-order valence-corrected chi connectivity index (χ0v) is 19.6. The monoisotopic (exact) mass is 438 g/mol. The van der Waals surface area contributed by atoms with Crippen LogP contribution in [-0.2, 0) is 5.04 Å². The van der Waals surface area contributed by atoms with Crippen molar-refractivity contribution >= 4 is 51.1 Å². The van der Waals surface area contributed by atoms with E-state index in [9.17, 15) is 0 Å². The minimum atomic E-state index is -2.39. The van der Waals surface area contributed by atoms with E-state index in [0.29, 0.717) is 0 Å². The van der Waals surface area contributed by atoms with Gasteiger partial charge in [-0.25, -0.2) is 4.98 Å². The van der Waals surface area contributed by atoms with Crippen molar-refractivity contribution < 1.29 is 0 Å². The van der Waals surface area contributed by atoms with Gasteiger partial charge in [-0.05, 0) is 33.8 Å². The molecule has 2 atom stereocenters. The number of rotatable bonds is 1. The van der Waals surface area contributed by atoms with Gasteiger partial charge in [0.2, 0.25) is 0 Å². The largest absolute Gasteiger partial charge is 0.299 e. The predicted molar refractivity (Wildman–Crippen MR) is 139 cm³/mol. The van der Waals surface area contributed by atoms with E-state index in [2.05, 4.69) is 115 Å². The van der Waals surface area contributed by atoms with Crippen LogP contribution in [0.4, 0.5) is 0 Å². The van der Waals surface area contributed by atoms with Gasteiger partial charge in [-0.3, -0.25) is 4.40 Å². The van der Waals surface area contributed by atoms with Crippen molar-refractivity contribution in [3.05, 3.63) is 114 Å². The average Bonchev–Trinajstić information content (AvgIpc) is 3.21. The molecule has 8 rings (SSSR count). The van der Waals surface area contributed by atoms with Crippen molar-refractivity contribution in [2.75, 3.05) is 0 Å². The Morgan fingerprint density at radius 1 is 0.697 bits per heavy atom. The molecule has 0 amide bonds. The molecule has 0 bridgehead atoms. The fourth-order valence-corrected chi connectivity index (χ4v) is 13.7. The van der Waals surface area contributed by atoms with Crippen LogP contribution in [0.15, 0.2) is 97.1 Å². The van der Waals surface area contributed by atoms with E-state index in [-0.39, 0.29) is 5.04 Å². The van der Waals surface area contributed by atoms with Gasteiger partial charge in [0.25, 0.3) is 0 Å². The molecule has 0 spiro atoms. The highest BCUT2D eigenvalue weighted by Crippen LogP contribution is 2.52. The number of benzene rings is 4. The zero-order chi connectivity index (χ0) is 21.9. The summed E-state index contributed by atoms with van der Waals surface area (Å²) in [5.41, 5.74) is 6.57. The van der Waals surface area contributed by atoms with Gasteiger partial charge < -0.3 is 0 Å². The van der Waals surface area contributed by atoms with Crippen LogP contribution in [0.3, 0.4) is 0 Å². The highest BCUT2D eigenvalue weighted by Gasteiger charge is 2.68. The second-order valence-electron chi connectivity index (χ2n) is 9.74. The highest BCUT2D eigenvalue weighted by atomic mass is 28.3. The van der Waals surface area contributed by atoms with Crippen molar-refractivity contribution in [2.24, 2.45) is 0 Å². The number of pyridine rings is 1. The fraction of sp³-hybridized carbons (Fsp3) is 0.100. The van der Waals surface area contributed by atoms with Crippen molar-refractivity contribution in [3.8, 4) is 0 Å². The van der Waals surface area contributed by atoms with Crippen LogP contribution in [0.1, 0.15) is 23.7 Å². The third kappa shape index (κ3) is 1.70. The number of hydrogen-bond donors (Lipinski definition) is 0. The molecule has 156 valence electrons. The number of fused-ring (bicyclic) bond motifs is 9. The molecule has 2 aromatic heterocycles. The maximum atomic E-state index is 5.29. The lowest BCUT2D eigenvalue weighted by Crippen LogP contribution is -2.88. The zero-order valence-electron chi connectivity index (χ0n) is 18.6. The van der Waals surface area contributed by atoms with Crippen LogP contribution in [0.25, 0.3) is 27.3 Å². The van der Waals surface area contributed by atoms with Crippen LogP contribution in [0, 0.1) is 6.92 Å². The number of nitrogens with zero attached hydrogens (tertiary/aromatic N) is 2. The molecule has 4 aromatic carbocycles. The Balaban J connectivity index is 1.73. The third-order valence-electron chi connectivity index (χ3n) is 8.49. The Kier molecular flexibility index (Phi) is 3.03. The Hall–Kier alpha value is -3.69. The average molecular weight is 439 g/mol. The van der Waals surface area contributed by atoms with E-state index in [1.54, 1.807) is 5.19 Å². The van der Waals surface area contributed by atoms with Gasteiger partial charge in [0, 0.05) is 21.1 Å². The number of imidazole rings is 1. The lowest BCUT2D eigenvalue weighted by atomic mass is 9.87. The smallest absolute Gasteiger partial charge is 0.186 e. The second kappa shape index (κ2) is 5.62. The first-order valence-corrected chi connectivity index (χ1v) is 13.7. The van der Waals surface area contributed by atoms with Gasteiger partial charge in [-0.2, -0.15) is 0 Å². The number of aromatic nitrogens is 2. The predicted octanol–water partition coefficient (Wildman–Crippen LogP) is 4.59. The first-order valence-electron chi connectivity index (χ1n) is 11.7. The normalized spacial score (nSPS) is 22.5. The quantitative estimate of drug-likeness (QED) is 0.271. The second-order valence-corrected chi connectivity index (χ2v) is 13.8. The van der Waals surface area contributed by atoms with Crippen LogP contribution in [0.2, 0.25) is 0 Å². The molecule has 3 heteroatoms. The van der Waals surface area contributed by atoms with Crippen LogP contribution in [-0.4, -0.2) is 17.5 Å². The lowest BCUT2D eigenvalue weighted by Gasteiger charge is -2.60. The summed E-state index contributed by atoms with van der Waals surface area (Å²) in [6.07, 6.45) is 0. The molecule has 0 fully saturated rings. The summed E-state index contributed by atoms with van der Waals surface area (Å²) in [4.78, 5) is 5.29. The van der Waals surface area contributed by atoms with E-state index in [1.165, 1.54) is 49.0 Å². The molecule has 2 unspecified atom stereocenters. The van der Waals surface area contributed by atoms with Gasteiger partial charge >= 0.3 is 0 Å². The molecule has 2 aliphatic heterocycles. The maximum Gasteiger partial charge on any atom is 0.186 e. The minimum absolute atomic E-state index is 0.0410. The molecule has 33 heavy (non-hydrogen) atoms. The van der Waals surface area contributed by atoms with E-state index in [0.717, 1.165) is 5.65 Å². The minimum Gasteiger partial charge on any atom is -0.299 e. The molecular formula is C30H22N2Si. The summed E-state index contributed by atoms with van der Waals surface area (Å²) in [5, 5.41) is 8.30. The van der Waals surface area contributed by atoms with Gasteiger partial charge in [0.15, 0.2) is 8.07 Å². The van der Waals surface area contributed by atoms with Crippen LogP contribution < -0.4 is 15.7 Å². The van der Waals surface area contributed by atoms with Gasteiger partial charge in [-0.1, -0.05) is 104 Å². The van der Waals surface area contributed by atoms with Crippen molar-refractivity contribution in [2.45, 2.75) is 18.9 Å². The third-order valence-corrected chi connectivity index (χ3v) is 14.3. The van der Waals surface area contributed by atoms with Crippen molar-refractivity contribution in [1.29, 1.82) is 0 Å². The van der Waals surface area contributed by atoms with Gasteiger partial charge in [0.1, 0.15) is 5.65 Å². The van der Waals surface area contributed by atoms with Crippen molar-refractivity contribution in [3.63, 3.8) is 0 Å². The first kappa shape index (κ1) is 17.8. The molecule has 2 nitrogen and oxygen atoms in total. The van der Waals surface area contributed by atoms with E-state index in [1.807, 2.05) is 0 Å². The molecule has 0 radical (unpaired) electrons. The molecule has 6 aromatic rings. The highest BCUT2D eigenvalue weighted by molar-refractivity contribution is 7.17. The Morgan fingerprint density at radius 2 is 1.36 bits per heavy atom. The Labute approximate surface area is 193 Å². The van der Waals surface area contributed by atoms with E-state index >= 15 is 0 Å². The van der Waals surface area contributed by atoms with E-state index in [4.69, 9.17) is 4.98 Å². The topological polar surface area (TPSA) is 17.3 Å². The molecule has 0 aliphatic carbocycles. The maximum absolute atomic E-state index is 5.29. The standard InChI is InChI=1S/C30H22N2Si/c1-19-29-32-27-22(21-13-6-7-14-23(21)28(32)31-19)15-10-17-25(27)30(2)24-16-8-9-18-26(24)33(29,30)20-11-4-3-5-12-20/h3-18H,1-2H3. The lowest BCUT2D eigenvalue weighted by molar-refractivity contribution is 0.758. The summed E-state index contributed by atoms with van der Waals surface area (Å²) in [7, 11) is -2.39. The molecule has 0 saturated heterocycles. The Bertz CT molecular complexity index is 1800. The number of hydrogen-bond acceptors (Lipinski definition) is 1. The Morgan fingerprint density at radius 3 is 2.21 bits per heavy atom. The SMILES string of the molecule is Cc1nc2c3ccccc3c3cccc4c3n2c1[Si]1(c2ccccc2)c2ccccc2C41C. The molecule has 0 saturated carbocycles.